The number of piperidine rings is 1. The topological polar surface area (TPSA) is 36.1 Å². The maximum atomic E-state index is 13.8. The van der Waals surface area contributed by atoms with E-state index < -0.39 is 0 Å². The number of benzene rings is 2. The van der Waals surface area contributed by atoms with Gasteiger partial charge in [-0.2, -0.15) is 0 Å². The second-order valence-corrected chi connectivity index (χ2v) is 6.36. The van der Waals surface area contributed by atoms with E-state index in [9.17, 15) is 9.18 Å². The van der Waals surface area contributed by atoms with Gasteiger partial charge in [-0.25, -0.2) is 4.39 Å². The zero-order valence-electron chi connectivity index (χ0n) is 13.3. The number of carbonyl (C=O) groups excluding carboxylic acids is 1. The molecule has 0 bridgehead atoms. The fraction of sp³-hybridized carbons (Fsp3) is 0.250. The van der Waals surface area contributed by atoms with Gasteiger partial charge in [-0.15, -0.1) is 0 Å². The highest BCUT2D eigenvalue weighted by molar-refractivity contribution is 5.98. The summed E-state index contributed by atoms with van der Waals surface area (Å²) in [5.41, 5.74) is 2.48. The fourth-order valence-electron chi connectivity index (χ4n) is 3.54. The van der Waals surface area contributed by atoms with Crippen molar-refractivity contribution in [2.75, 3.05) is 13.1 Å². The Balaban J connectivity index is 1.48. The minimum Gasteiger partial charge on any atom is -0.350 e. The summed E-state index contributed by atoms with van der Waals surface area (Å²) in [4.78, 5) is 17.6. The van der Waals surface area contributed by atoms with Crippen LogP contribution < -0.4 is 0 Å². The molecule has 0 spiro atoms. The van der Waals surface area contributed by atoms with Crippen LogP contribution in [0.25, 0.3) is 10.9 Å². The molecular weight excluding hydrogens is 303 g/mol. The molecule has 0 atom stereocenters. The van der Waals surface area contributed by atoms with E-state index in [0.29, 0.717) is 22.5 Å². The first-order valence-electron chi connectivity index (χ1n) is 8.34. The Morgan fingerprint density at radius 3 is 2.50 bits per heavy atom. The molecule has 4 heteroatoms. The number of rotatable bonds is 2. The molecule has 2 heterocycles. The lowest BCUT2D eigenvalue weighted by Crippen LogP contribution is -2.38. The molecule has 1 fully saturated rings. The fourth-order valence-corrected chi connectivity index (χ4v) is 3.54. The summed E-state index contributed by atoms with van der Waals surface area (Å²) < 4.78 is 13.8. The molecule has 1 saturated heterocycles. The highest BCUT2D eigenvalue weighted by Crippen LogP contribution is 2.29. The number of H-pyrrole nitrogens is 1. The van der Waals surface area contributed by atoms with Gasteiger partial charge >= 0.3 is 0 Å². The van der Waals surface area contributed by atoms with Crippen LogP contribution in [0.1, 0.15) is 34.8 Å². The van der Waals surface area contributed by atoms with Gasteiger partial charge in [-0.05, 0) is 42.5 Å². The highest BCUT2D eigenvalue weighted by atomic mass is 19.1. The van der Waals surface area contributed by atoms with Gasteiger partial charge in [0.05, 0.1) is 0 Å². The van der Waals surface area contributed by atoms with Crippen LogP contribution in [0.15, 0.2) is 54.6 Å². The Morgan fingerprint density at radius 1 is 1.04 bits per heavy atom. The SMILES string of the molecule is O=C(c1cc2c(F)cccc2[nH]1)N1CCC(c2ccccc2)CC1. The van der Waals surface area contributed by atoms with Gasteiger partial charge in [0.2, 0.25) is 0 Å². The summed E-state index contributed by atoms with van der Waals surface area (Å²) in [5, 5.41) is 0.472. The normalized spacial score (nSPS) is 15.8. The zero-order chi connectivity index (χ0) is 16.5. The summed E-state index contributed by atoms with van der Waals surface area (Å²) in [5.74, 6) is 0.165. The quantitative estimate of drug-likeness (QED) is 0.749. The number of hydrogen-bond acceptors (Lipinski definition) is 1. The van der Waals surface area contributed by atoms with Crippen LogP contribution in [0.5, 0.6) is 0 Å². The number of nitrogens with one attached hydrogen (secondary N) is 1. The number of halogens is 1. The van der Waals surface area contributed by atoms with E-state index >= 15 is 0 Å². The molecule has 122 valence electrons. The first-order chi connectivity index (χ1) is 11.7. The van der Waals surface area contributed by atoms with Crippen molar-refractivity contribution < 1.29 is 9.18 Å². The minimum absolute atomic E-state index is 0.0443. The van der Waals surface area contributed by atoms with Crippen molar-refractivity contribution in [1.82, 2.24) is 9.88 Å². The van der Waals surface area contributed by atoms with Crippen molar-refractivity contribution in [3.05, 3.63) is 71.7 Å². The lowest BCUT2D eigenvalue weighted by Gasteiger charge is -2.32. The van der Waals surface area contributed by atoms with Gasteiger partial charge in [-0.3, -0.25) is 4.79 Å². The van der Waals surface area contributed by atoms with Crippen LogP contribution >= 0.6 is 0 Å². The van der Waals surface area contributed by atoms with Crippen LogP contribution in [-0.2, 0) is 0 Å². The predicted molar refractivity (Wildman–Crippen MR) is 92.6 cm³/mol. The van der Waals surface area contributed by atoms with Gasteiger partial charge in [-0.1, -0.05) is 36.4 Å². The average Bonchev–Trinajstić information content (AvgIpc) is 3.08. The number of fused-ring (bicyclic) bond motifs is 1. The second kappa shape index (κ2) is 6.11. The number of nitrogens with zero attached hydrogens (tertiary/aromatic N) is 1. The molecule has 0 radical (unpaired) electrons. The van der Waals surface area contributed by atoms with E-state index in [-0.39, 0.29) is 11.7 Å². The van der Waals surface area contributed by atoms with Crippen LogP contribution in [0.2, 0.25) is 0 Å². The standard InChI is InChI=1S/C20H19FN2O/c21-17-7-4-8-18-16(17)13-19(22-18)20(24)23-11-9-15(10-12-23)14-5-2-1-3-6-14/h1-8,13,15,22H,9-12H2. The Hall–Kier alpha value is -2.62. The summed E-state index contributed by atoms with van der Waals surface area (Å²) in [6.45, 7) is 1.46. The van der Waals surface area contributed by atoms with Gasteiger partial charge in [0.1, 0.15) is 11.5 Å². The molecule has 3 aromatic rings. The van der Waals surface area contributed by atoms with E-state index in [1.54, 1.807) is 18.2 Å². The Bertz CT molecular complexity index is 864. The molecule has 1 aliphatic rings. The minimum atomic E-state index is -0.300. The monoisotopic (exact) mass is 322 g/mol. The summed E-state index contributed by atoms with van der Waals surface area (Å²) >= 11 is 0. The third-order valence-corrected chi connectivity index (χ3v) is 4.89. The van der Waals surface area contributed by atoms with E-state index in [1.807, 2.05) is 11.0 Å². The predicted octanol–water partition coefficient (Wildman–Crippen LogP) is 4.33. The average molecular weight is 322 g/mol. The molecule has 1 N–H and O–H groups in total. The van der Waals surface area contributed by atoms with Crippen LogP contribution in [0, 0.1) is 5.82 Å². The smallest absolute Gasteiger partial charge is 0.270 e. The molecule has 0 aliphatic carbocycles. The third kappa shape index (κ3) is 2.68. The molecule has 1 aromatic heterocycles. The van der Waals surface area contributed by atoms with Crippen molar-refractivity contribution in [3.63, 3.8) is 0 Å². The van der Waals surface area contributed by atoms with Crippen LogP contribution in [0.4, 0.5) is 4.39 Å². The van der Waals surface area contributed by atoms with Gasteiger partial charge < -0.3 is 9.88 Å². The van der Waals surface area contributed by atoms with Gasteiger partial charge in [0.25, 0.3) is 5.91 Å². The zero-order valence-corrected chi connectivity index (χ0v) is 13.3. The van der Waals surface area contributed by atoms with Gasteiger partial charge in [0, 0.05) is 24.0 Å². The van der Waals surface area contributed by atoms with Crippen molar-refractivity contribution in [3.8, 4) is 0 Å². The number of carbonyl (C=O) groups is 1. The number of aromatic nitrogens is 1. The summed E-state index contributed by atoms with van der Waals surface area (Å²) in [6, 6.07) is 16.9. The molecule has 0 unspecified atom stereocenters. The number of likely N-dealkylation sites (tertiary alicyclic amines) is 1. The molecular formula is C20H19FN2O. The van der Waals surface area contributed by atoms with Crippen molar-refractivity contribution in [1.29, 1.82) is 0 Å². The number of hydrogen-bond donors (Lipinski definition) is 1. The maximum Gasteiger partial charge on any atom is 0.270 e. The van der Waals surface area contributed by atoms with Gasteiger partial charge in [0.15, 0.2) is 0 Å². The number of aromatic amines is 1. The lowest BCUT2D eigenvalue weighted by atomic mass is 9.89. The molecule has 2 aromatic carbocycles. The van der Waals surface area contributed by atoms with Crippen LogP contribution in [-0.4, -0.2) is 28.9 Å². The Labute approximate surface area is 140 Å². The molecule has 1 aliphatic heterocycles. The maximum absolute atomic E-state index is 13.8. The Morgan fingerprint density at radius 2 is 1.79 bits per heavy atom. The Kier molecular flexibility index (Phi) is 3.81. The number of amides is 1. The van der Waals surface area contributed by atoms with Crippen LogP contribution in [0.3, 0.4) is 0 Å². The first kappa shape index (κ1) is 14.9. The lowest BCUT2D eigenvalue weighted by molar-refractivity contribution is 0.0708. The molecule has 24 heavy (non-hydrogen) atoms. The largest absolute Gasteiger partial charge is 0.350 e. The van der Waals surface area contributed by atoms with Crippen molar-refractivity contribution >= 4 is 16.8 Å². The van der Waals surface area contributed by atoms with Crippen molar-refractivity contribution in [2.24, 2.45) is 0 Å². The first-order valence-corrected chi connectivity index (χ1v) is 8.34. The molecule has 1 amide bonds. The van der Waals surface area contributed by atoms with E-state index in [0.717, 1.165) is 25.9 Å². The molecule has 3 nitrogen and oxygen atoms in total. The van der Waals surface area contributed by atoms with Crippen molar-refractivity contribution in [2.45, 2.75) is 18.8 Å². The van der Waals surface area contributed by atoms with E-state index in [4.69, 9.17) is 0 Å². The van der Waals surface area contributed by atoms with E-state index in [2.05, 4.69) is 29.2 Å². The second-order valence-electron chi connectivity index (χ2n) is 6.36. The molecule has 4 rings (SSSR count). The van der Waals surface area contributed by atoms with E-state index in [1.165, 1.54) is 11.6 Å². The third-order valence-electron chi connectivity index (χ3n) is 4.89. The summed E-state index contributed by atoms with van der Waals surface area (Å²) in [6.07, 6.45) is 1.93. The highest BCUT2D eigenvalue weighted by Gasteiger charge is 2.25. The summed E-state index contributed by atoms with van der Waals surface area (Å²) in [7, 11) is 0. The molecule has 0 saturated carbocycles.